The second kappa shape index (κ2) is 5.69. The number of carbonyl (C=O) groups is 1. The van der Waals surface area contributed by atoms with E-state index in [0.29, 0.717) is 0 Å². The molecule has 0 aliphatic carbocycles. The van der Waals surface area contributed by atoms with Crippen molar-refractivity contribution < 1.29 is 14.4 Å². The summed E-state index contributed by atoms with van der Waals surface area (Å²) in [4.78, 5) is 11.7. The molecule has 0 spiro atoms. The fourth-order valence-electron chi connectivity index (χ4n) is 1.51. The highest BCUT2D eigenvalue weighted by Gasteiger charge is 2.17. The van der Waals surface area contributed by atoms with E-state index in [1.165, 1.54) is 12.1 Å². The van der Waals surface area contributed by atoms with E-state index in [4.69, 9.17) is 10.9 Å². The molecule has 1 aromatic carbocycles. The Bertz CT molecular complexity index is 507. The molecule has 0 aliphatic heterocycles. The summed E-state index contributed by atoms with van der Waals surface area (Å²) in [6.45, 7) is 5.76. The number of benzene rings is 1. The largest absolute Gasteiger partial charge is 0.409 e. The van der Waals surface area contributed by atoms with Crippen LogP contribution in [0.2, 0.25) is 0 Å². The number of hydrogen-bond acceptors (Lipinski definition) is 3. The van der Waals surface area contributed by atoms with Crippen molar-refractivity contribution in [2.45, 2.75) is 27.2 Å². The van der Waals surface area contributed by atoms with Gasteiger partial charge in [-0.2, -0.15) is 0 Å². The maximum Gasteiger partial charge on any atom is 0.224 e. The first-order chi connectivity index (χ1) is 8.73. The standard InChI is InChI=1S/C13H18FN3O2/c1-13(2,3)7-11(18)16-10-5-4-8(6-9(10)14)12(15)17-19/h4-6,19H,7H2,1-3H3,(H2,15,17)(H,16,18). The van der Waals surface area contributed by atoms with Gasteiger partial charge in [0.25, 0.3) is 0 Å². The second-order valence-corrected chi connectivity index (χ2v) is 5.47. The lowest BCUT2D eigenvalue weighted by atomic mass is 9.92. The number of oxime groups is 1. The van der Waals surface area contributed by atoms with E-state index >= 15 is 0 Å². The van der Waals surface area contributed by atoms with Crippen LogP contribution < -0.4 is 11.1 Å². The minimum atomic E-state index is -0.633. The van der Waals surface area contributed by atoms with E-state index in [0.717, 1.165) is 6.07 Å². The van der Waals surface area contributed by atoms with Crippen molar-refractivity contribution in [2.24, 2.45) is 16.3 Å². The monoisotopic (exact) mass is 267 g/mol. The van der Waals surface area contributed by atoms with Gasteiger partial charge in [0.15, 0.2) is 5.84 Å². The van der Waals surface area contributed by atoms with Crippen molar-refractivity contribution in [3.05, 3.63) is 29.6 Å². The Morgan fingerprint density at radius 1 is 1.47 bits per heavy atom. The molecule has 4 N–H and O–H groups in total. The highest BCUT2D eigenvalue weighted by molar-refractivity contribution is 5.98. The number of rotatable bonds is 3. The normalized spacial score (nSPS) is 12.3. The third kappa shape index (κ3) is 4.57. The molecule has 0 aromatic heterocycles. The highest BCUT2D eigenvalue weighted by Crippen LogP contribution is 2.21. The van der Waals surface area contributed by atoms with E-state index in [1.54, 1.807) is 0 Å². The van der Waals surface area contributed by atoms with Gasteiger partial charge in [0.2, 0.25) is 5.91 Å². The summed E-state index contributed by atoms with van der Waals surface area (Å²) in [5.74, 6) is -1.08. The summed E-state index contributed by atoms with van der Waals surface area (Å²) in [6, 6.07) is 3.94. The average molecular weight is 267 g/mol. The Labute approximate surface area is 111 Å². The van der Waals surface area contributed by atoms with Gasteiger partial charge in [0.1, 0.15) is 5.82 Å². The third-order valence-electron chi connectivity index (χ3n) is 2.34. The Kier molecular flexibility index (Phi) is 4.47. The molecule has 0 heterocycles. The van der Waals surface area contributed by atoms with Crippen LogP contribution in [0.3, 0.4) is 0 Å². The number of halogens is 1. The molecule has 1 amide bonds. The van der Waals surface area contributed by atoms with E-state index < -0.39 is 5.82 Å². The van der Waals surface area contributed by atoms with Crippen LogP contribution >= 0.6 is 0 Å². The first-order valence-electron chi connectivity index (χ1n) is 5.80. The molecule has 6 heteroatoms. The lowest BCUT2D eigenvalue weighted by Gasteiger charge is -2.17. The van der Waals surface area contributed by atoms with Crippen LogP contribution in [-0.2, 0) is 4.79 Å². The van der Waals surface area contributed by atoms with Crippen LogP contribution in [0, 0.1) is 11.2 Å². The van der Waals surface area contributed by atoms with Gasteiger partial charge in [-0.1, -0.05) is 25.9 Å². The van der Waals surface area contributed by atoms with Gasteiger partial charge >= 0.3 is 0 Å². The van der Waals surface area contributed by atoms with Gasteiger partial charge in [0.05, 0.1) is 5.69 Å². The number of carbonyl (C=O) groups excluding carboxylic acids is 1. The molecule has 0 unspecified atom stereocenters. The van der Waals surface area contributed by atoms with E-state index in [2.05, 4.69) is 10.5 Å². The molecule has 19 heavy (non-hydrogen) atoms. The van der Waals surface area contributed by atoms with Crippen LogP contribution in [0.25, 0.3) is 0 Å². The van der Waals surface area contributed by atoms with Crippen molar-refractivity contribution >= 4 is 17.4 Å². The first-order valence-corrected chi connectivity index (χ1v) is 5.80. The van der Waals surface area contributed by atoms with Crippen LogP contribution in [0.1, 0.15) is 32.8 Å². The number of anilines is 1. The van der Waals surface area contributed by atoms with Gasteiger partial charge in [0, 0.05) is 12.0 Å². The number of nitrogens with zero attached hydrogens (tertiary/aromatic N) is 1. The lowest BCUT2D eigenvalue weighted by molar-refractivity contribution is -0.117. The third-order valence-corrected chi connectivity index (χ3v) is 2.34. The van der Waals surface area contributed by atoms with Gasteiger partial charge < -0.3 is 16.3 Å². The molecule has 0 saturated carbocycles. The number of nitrogens with two attached hydrogens (primary N) is 1. The molecule has 104 valence electrons. The smallest absolute Gasteiger partial charge is 0.224 e. The van der Waals surface area contributed by atoms with E-state index in [1.807, 2.05) is 20.8 Å². The molecule has 0 saturated heterocycles. The van der Waals surface area contributed by atoms with Crippen molar-refractivity contribution in [2.75, 3.05) is 5.32 Å². The summed E-state index contributed by atoms with van der Waals surface area (Å²) in [6.07, 6.45) is 0.286. The summed E-state index contributed by atoms with van der Waals surface area (Å²) < 4.78 is 13.7. The molecule has 5 nitrogen and oxygen atoms in total. The molecule has 0 atom stereocenters. The van der Waals surface area contributed by atoms with E-state index in [9.17, 15) is 9.18 Å². The van der Waals surface area contributed by atoms with Gasteiger partial charge in [-0.15, -0.1) is 0 Å². The Balaban J connectivity index is 2.84. The minimum Gasteiger partial charge on any atom is -0.409 e. The van der Waals surface area contributed by atoms with Gasteiger partial charge in [-0.25, -0.2) is 4.39 Å². The van der Waals surface area contributed by atoms with Crippen LogP contribution in [-0.4, -0.2) is 17.0 Å². The van der Waals surface area contributed by atoms with Crippen LogP contribution in [0.15, 0.2) is 23.4 Å². The Morgan fingerprint density at radius 2 is 2.11 bits per heavy atom. The molecule has 0 fully saturated rings. The Hall–Kier alpha value is -2.11. The second-order valence-electron chi connectivity index (χ2n) is 5.47. The molecule has 0 bridgehead atoms. The molecular weight excluding hydrogens is 249 g/mol. The maximum absolute atomic E-state index is 13.7. The number of nitrogens with one attached hydrogen (secondary N) is 1. The summed E-state index contributed by atoms with van der Waals surface area (Å²) in [7, 11) is 0. The average Bonchev–Trinajstić information content (AvgIpc) is 2.28. The zero-order valence-electron chi connectivity index (χ0n) is 11.2. The van der Waals surface area contributed by atoms with Gasteiger partial charge in [-0.3, -0.25) is 4.79 Å². The predicted octanol–water partition coefficient (Wildman–Crippen LogP) is 2.29. The van der Waals surface area contributed by atoms with Crippen molar-refractivity contribution in [3.63, 3.8) is 0 Å². The number of hydrogen-bond donors (Lipinski definition) is 3. The fraction of sp³-hybridized carbons (Fsp3) is 0.385. The molecule has 0 radical (unpaired) electrons. The van der Waals surface area contributed by atoms with Crippen molar-refractivity contribution in [3.8, 4) is 0 Å². The fourth-order valence-corrected chi connectivity index (χ4v) is 1.51. The van der Waals surface area contributed by atoms with Crippen molar-refractivity contribution in [1.29, 1.82) is 0 Å². The lowest BCUT2D eigenvalue weighted by Crippen LogP contribution is -2.20. The quantitative estimate of drug-likeness (QED) is 0.340. The van der Waals surface area contributed by atoms with Crippen LogP contribution in [0.4, 0.5) is 10.1 Å². The van der Waals surface area contributed by atoms with Crippen LogP contribution in [0.5, 0.6) is 0 Å². The molecule has 1 rings (SSSR count). The predicted molar refractivity (Wildman–Crippen MR) is 71.6 cm³/mol. The number of amidine groups is 1. The summed E-state index contributed by atoms with van der Waals surface area (Å²) >= 11 is 0. The zero-order valence-corrected chi connectivity index (χ0v) is 11.2. The first kappa shape index (κ1) is 14.9. The van der Waals surface area contributed by atoms with Crippen molar-refractivity contribution in [1.82, 2.24) is 0 Å². The molecule has 0 aliphatic rings. The van der Waals surface area contributed by atoms with Gasteiger partial charge in [-0.05, 0) is 23.6 Å². The topological polar surface area (TPSA) is 87.7 Å². The summed E-state index contributed by atoms with van der Waals surface area (Å²) in [5.41, 5.74) is 5.49. The molecular formula is C13H18FN3O2. The Morgan fingerprint density at radius 3 is 2.58 bits per heavy atom. The van der Waals surface area contributed by atoms with E-state index in [-0.39, 0.29) is 34.8 Å². The molecule has 1 aromatic rings. The number of amides is 1. The SMILES string of the molecule is CC(C)(C)CC(=O)Nc1ccc(/C(N)=N/O)cc1F. The summed E-state index contributed by atoms with van der Waals surface area (Å²) in [5, 5.41) is 13.8. The minimum absolute atomic E-state index is 0.0729. The maximum atomic E-state index is 13.7. The highest BCUT2D eigenvalue weighted by atomic mass is 19.1. The zero-order chi connectivity index (χ0) is 14.6.